The van der Waals surface area contributed by atoms with Crippen LogP contribution in [-0.2, 0) is 10.0 Å². The van der Waals surface area contributed by atoms with Crippen LogP contribution in [0.2, 0.25) is 0 Å². The van der Waals surface area contributed by atoms with E-state index in [9.17, 15) is 26.4 Å². The van der Waals surface area contributed by atoms with Gasteiger partial charge in [-0.1, -0.05) is 0 Å². The van der Waals surface area contributed by atoms with Crippen molar-refractivity contribution in [3.05, 3.63) is 53.3 Å². The Labute approximate surface area is 151 Å². The summed E-state index contributed by atoms with van der Waals surface area (Å²) >= 11 is 0. The molecule has 0 spiro atoms. The van der Waals surface area contributed by atoms with Gasteiger partial charge in [-0.3, -0.25) is 4.79 Å². The molecule has 1 unspecified atom stereocenters. The van der Waals surface area contributed by atoms with E-state index in [0.29, 0.717) is 12.1 Å². The third kappa shape index (κ3) is 3.89. The van der Waals surface area contributed by atoms with Crippen LogP contribution in [0.1, 0.15) is 10.4 Å². The standard InChI is InChI=1S/C16H13F3N2O5S/c17-11-4-9(5-12(18)15(11)19)20-16(23)8-1-2-13-14(3-8)27(24,25)21-10(6-22)7-26-13/h1-5,10,21-22H,6-7H2,(H,20,23). The van der Waals surface area contributed by atoms with Gasteiger partial charge < -0.3 is 15.2 Å². The van der Waals surface area contributed by atoms with Crippen LogP contribution in [0.4, 0.5) is 18.9 Å². The van der Waals surface area contributed by atoms with Crippen molar-refractivity contribution in [3.63, 3.8) is 0 Å². The summed E-state index contributed by atoms with van der Waals surface area (Å²) in [5.41, 5.74) is -0.487. The van der Waals surface area contributed by atoms with Crippen molar-refractivity contribution in [2.45, 2.75) is 10.9 Å². The van der Waals surface area contributed by atoms with Crippen LogP contribution in [0.25, 0.3) is 0 Å². The quantitative estimate of drug-likeness (QED) is 0.673. The number of halogens is 3. The first-order valence-electron chi connectivity index (χ1n) is 7.57. The molecule has 0 aromatic heterocycles. The molecule has 3 rings (SSSR count). The van der Waals surface area contributed by atoms with Gasteiger partial charge in [-0.25, -0.2) is 26.3 Å². The maximum atomic E-state index is 13.2. The zero-order valence-corrected chi connectivity index (χ0v) is 14.3. The molecule has 3 N–H and O–H groups in total. The Morgan fingerprint density at radius 2 is 1.89 bits per heavy atom. The highest BCUT2D eigenvalue weighted by molar-refractivity contribution is 7.89. The van der Waals surface area contributed by atoms with E-state index >= 15 is 0 Å². The molecule has 0 aliphatic carbocycles. The van der Waals surface area contributed by atoms with Gasteiger partial charge in [0, 0.05) is 23.4 Å². The predicted molar refractivity (Wildman–Crippen MR) is 87.4 cm³/mol. The summed E-state index contributed by atoms with van der Waals surface area (Å²) in [7, 11) is -4.07. The minimum atomic E-state index is -4.07. The molecule has 1 aliphatic heterocycles. The first-order chi connectivity index (χ1) is 12.7. The number of carbonyl (C=O) groups is 1. The van der Waals surface area contributed by atoms with E-state index < -0.39 is 46.0 Å². The fraction of sp³-hybridized carbons (Fsp3) is 0.188. The van der Waals surface area contributed by atoms with Crippen molar-refractivity contribution in [1.82, 2.24) is 4.72 Å². The molecule has 0 radical (unpaired) electrons. The second kappa shape index (κ2) is 7.18. The van der Waals surface area contributed by atoms with Crippen molar-refractivity contribution in [1.29, 1.82) is 0 Å². The Balaban J connectivity index is 1.91. The second-order valence-corrected chi connectivity index (χ2v) is 7.36. The SMILES string of the molecule is O=C(Nc1cc(F)c(F)c(F)c1)c1ccc2c(c1)S(=O)(=O)NC(CO)CO2. The molecule has 11 heteroatoms. The van der Waals surface area contributed by atoms with Crippen LogP contribution >= 0.6 is 0 Å². The van der Waals surface area contributed by atoms with E-state index in [4.69, 9.17) is 9.84 Å². The third-order valence-corrected chi connectivity index (χ3v) is 5.26. The molecule has 7 nitrogen and oxygen atoms in total. The molecule has 27 heavy (non-hydrogen) atoms. The maximum absolute atomic E-state index is 13.2. The molecular weight excluding hydrogens is 389 g/mol. The number of carbonyl (C=O) groups excluding carboxylic acids is 1. The number of aliphatic hydroxyl groups excluding tert-OH is 1. The minimum absolute atomic E-state index is 0.0196. The molecule has 0 bridgehead atoms. The molecule has 1 heterocycles. The normalized spacial score (nSPS) is 18.1. The summed E-state index contributed by atoms with van der Waals surface area (Å²) in [6.45, 7) is -0.593. The van der Waals surface area contributed by atoms with Crippen LogP contribution in [-0.4, -0.2) is 38.7 Å². The lowest BCUT2D eigenvalue weighted by Crippen LogP contribution is -2.39. The van der Waals surface area contributed by atoms with Gasteiger partial charge in [0.2, 0.25) is 10.0 Å². The summed E-state index contributed by atoms with van der Waals surface area (Å²) in [6.07, 6.45) is 0. The number of aliphatic hydroxyl groups is 1. The summed E-state index contributed by atoms with van der Waals surface area (Å²) in [5, 5.41) is 11.3. The highest BCUT2D eigenvalue weighted by Gasteiger charge is 2.29. The van der Waals surface area contributed by atoms with Gasteiger partial charge in [-0.15, -0.1) is 0 Å². The topological polar surface area (TPSA) is 105 Å². The number of benzene rings is 2. The lowest BCUT2D eigenvalue weighted by atomic mass is 10.2. The number of nitrogens with one attached hydrogen (secondary N) is 2. The van der Waals surface area contributed by atoms with Gasteiger partial charge in [-0.05, 0) is 18.2 Å². The maximum Gasteiger partial charge on any atom is 0.255 e. The fourth-order valence-corrected chi connectivity index (χ4v) is 3.79. The first kappa shape index (κ1) is 19.1. The second-order valence-electron chi connectivity index (χ2n) is 5.68. The number of sulfonamides is 1. The summed E-state index contributed by atoms with van der Waals surface area (Å²) < 4.78 is 71.7. The molecule has 2 aromatic rings. The lowest BCUT2D eigenvalue weighted by molar-refractivity contribution is 0.102. The van der Waals surface area contributed by atoms with Crippen LogP contribution in [0.15, 0.2) is 35.2 Å². The Morgan fingerprint density at radius 3 is 2.52 bits per heavy atom. The Bertz CT molecular complexity index is 990. The lowest BCUT2D eigenvalue weighted by Gasteiger charge is -2.10. The minimum Gasteiger partial charge on any atom is -0.490 e. The average Bonchev–Trinajstić information content (AvgIpc) is 2.75. The molecule has 1 atom stereocenters. The van der Waals surface area contributed by atoms with Crippen molar-refractivity contribution < 1.29 is 36.2 Å². The van der Waals surface area contributed by atoms with Crippen LogP contribution in [0.5, 0.6) is 5.75 Å². The Morgan fingerprint density at radius 1 is 1.22 bits per heavy atom. The van der Waals surface area contributed by atoms with E-state index in [-0.39, 0.29) is 28.5 Å². The zero-order valence-electron chi connectivity index (χ0n) is 13.5. The van der Waals surface area contributed by atoms with Gasteiger partial charge in [0.1, 0.15) is 17.3 Å². The first-order valence-corrected chi connectivity index (χ1v) is 9.05. The highest BCUT2D eigenvalue weighted by Crippen LogP contribution is 2.28. The number of anilines is 1. The van der Waals surface area contributed by atoms with Gasteiger partial charge in [0.05, 0.1) is 12.6 Å². The molecule has 0 saturated carbocycles. The van der Waals surface area contributed by atoms with E-state index in [1.807, 2.05) is 0 Å². The monoisotopic (exact) mass is 402 g/mol. The van der Waals surface area contributed by atoms with Crippen molar-refractivity contribution >= 4 is 21.6 Å². The smallest absolute Gasteiger partial charge is 0.255 e. The van der Waals surface area contributed by atoms with Crippen LogP contribution in [0, 0.1) is 17.5 Å². The summed E-state index contributed by atoms with van der Waals surface area (Å²) in [5.74, 6) is -5.54. The van der Waals surface area contributed by atoms with Gasteiger partial charge in [0.25, 0.3) is 5.91 Å². The van der Waals surface area contributed by atoms with Gasteiger partial charge in [0.15, 0.2) is 17.5 Å². The van der Waals surface area contributed by atoms with Gasteiger partial charge >= 0.3 is 0 Å². The van der Waals surface area contributed by atoms with E-state index in [1.165, 1.54) is 12.1 Å². The average molecular weight is 402 g/mol. The molecule has 1 aliphatic rings. The number of ether oxygens (including phenoxy) is 1. The fourth-order valence-electron chi connectivity index (χ4n) is 2.41. The molecule has 0 fully saturated rings. The summed E-state index contributed by atoms with van der Waals surface area (Å²) in [6, 6.07) is 3.84. The zero-order chi connectivity index (χ0) is 19.8. The third-order valence-electron chi connectivity index (χ3n) is 3.72. The van der Waals surface area contributed by atoms with E-state index in [2.05, 4.69) is 10.0 Å². The highest BCUT2D eigenvalue weighted by atomic mass is 32.2. The van der Waals surface area contributed by atoms with Crippen LogP contribution < -0.4 is 14.8 Å². The molecule has 144 valence electrons. The van der Waals surface area contributed by atoms with Crippen molar-refractivity contribution in [3.8, 4) is 5.75 Å². The largest absolute Gasteiger partial charge is 0.490 e. The number of hydrogen-bond acceptors (Lipinski definition) is 5. The van der Waals surface area contributed by atoms with Gasteiger partial charge in [-0.2, -0.15) is 0 Å². The summed E-state index contributed by atoms with van der Waals surface area (Å²) in [4.78, 5) is 11.9. The van der Waals surface area contributed by atoms with Crippen molar-refractivity contribution in [2.24, 2.45) is 0 Å². The van der Waals surface area contributed by atoms with Crippen LogP contribution in [0.3, 0.4) is 0 Å². The molecular formula is C16H13F3N2O5S. The number of hydrogen-bond donors (Lipinski definition) is 3. The number of amides is 1. The molecule has 1 amide bonds. The predicted octanol–water partition coefficient (Wildman–Crippen LogP) is 1.39. The van der Waals surface area contributed by atoms with Crippen molar-refractivity contribution in [2.75, 3.05) is 18.5 Å². The molecule has 2 aromatic carbocycles. The molecule has 0 saturated heterocycles. The number of rotatable bonds is 3. The van der Waals surface area contributed by atoms with E-state index in [1.54, 1.807) is 0 Å². The Hall–Kier alpha value is -2.63. The Kier molecular flexibility index (Phi) is 5.09. The van der Waals surface area contributed by atoms with E-state index in [0.717, 1.165) is 6.07 Å². The number of fused-ring (bicyclic) bond motifs is 1.